The number of carbonyl (C=O) groups is 2. The predicted octanol–water partition coefficient (Wildman–Crippen LogP) is 2.95. The molecule has 1 saturated carbocycles. The summed E-state index contributed by atoms with van der Waals surface area (Å²) in [4.78, 5) is 29.2. The third-order valence-electron chi connectivity index (χ3n) is 5.11. The van der Waals surface area contributed by atoms with E-state index in [9.17, 15) is 9.59 Å². The molecule has 0 aliphatic heterocycles. The number of hydrogen-bond donors (Lipinski definition) is 3. The van der Waals surface area contributed by atoms with Crippen LogP contribution in [0, 0.1) is 5.92 Å². The molecule has 0 spiro atoms. The van der Waals surface area contributed by atoms with Gasteiger partial charge < -0.3 is 20.9 Å². The van der Waals surface area contributed by atoms with Gasteiger partial charge >= 0.3 is 0 Å². The van der Waals surface area contributed by atoms with Crippen molar-refractivity contribution in [3.05, 3.63) is 35.0 Å². The van der Waals surface area contributed by atoms with E-state index in [1.807, 2.05) is 12.1 Å². The van der Waals surface area contributed by atoms with Gasteiger partial charge in [0.2, 0.25) is 5.91 Å². The standard InChI is InChI=1S/C19H25ClN4O2.ClH/c1-24(2)18(25)8-11-3-5-16(14(21)7-11)23-19(26)17-10-12-9-13(20)4-6-15(12)22-17;/h4,6,9-11,14,16,22H,3,5,7-8,21H2,1-2H3,(H,23,26);1H/t11?,14-,16+;/m0./s1. The fraction of sp³-hybridized carbons (Fsp3) is 0.474. The Morgan fingerprint density at radius 3 is 2.70 bits per heavy atom. The molecule has 8 heteroatoms. The lowest BCUT2D eigenvalue weighted by atomic mass is 9.81. The normalized spacial score (nSPS) is 22.1. The number of halogens is 2. The van der Waals surface area contributed by atoms with Crippen LogP contribution in [-0.4, -0.2) is 47.9 Å². The van der Waals surface area contributed by atoms with Gasteiger partial charge in [-0.05, 0) is 49.4 Å². The Kier molecular flexibility index (Phi) is 7.14. The Bertz CT molecular complexity index is 821. The maximum Gasteiger partial charge on any atom is 0.268 e. The van der Waals surface area contributed by atoms with Gasteiger partial charge in [0.05, 0.1) is 0 Å². The summed E-state index contributed by atoms with van der Waals surface area (Å²) in [6, 6.07) is 7.03. The molecule has 1 aliphatic carbocycles. The number of rotatable bonds is 4. The summed E-state index contributed by atoms with van der Waals surface area (Å²) in [5, 5.41) is 4.57. The Labute approximate surface area is 170 Å². The molecule has 148 valence electrons. The Balaban J connectivity index is 0.00000261. The second-order valence-corrected chi connectivity index (χ2v) is 7.77. The van der Waals surface area contributed by atoms with Crippen molar-refractivity contribution in [2.75, 3.05) is 14.1 Å². The molecule has 0 saturated heterocycles. The van der Waals surface area contributed by atoms with E-state index in [-0.39, 0.29) is 42.2 Å². The number of aromatic amines is 1. The summed E-state index contributed by atoms with van der Waals surface area (Å²) in [7, 11) is 3.53. The summed E-state index contributed by atoms with van der Waals surface area (Å²) < 4.78 is 0. The SMILES string of the molecule is CN(C)C(=O)CC1CC[C@@H](NC(=O)c2cc3cc(Cl)ccc3[nH]2)[C@@H](N)C1.Cl. The molecule has 0 radical (unpaired) electrons. The molecule has 3 atom stereocenters. The van der Waals surface area contributed by atoms with Crippen LogP contribution >= 0.6 is 24.0 Å². The maximum absolute atomic E-state index is 12.6. The highest BCUT2D eigenvalue weighted by Crippen LogP contribution is 2.27. The average molecular weight is 413 g/mol. The Morgan fingerprint density at radius 1 is 1.30 bits per heavy atom. The molecule has 4 N–H and O–H groups in total. The van der Waals surface area contributed by atoms with Crippen LogP contribution in [0.4, 0.5) is 0 Å². The number of aromatic nitrogens is 1. The molecule has 0 bridgehead atoms. The predicted molar refractivity (Wildman–Crippen MR) is 110 cm³/mol. The van der Waals surface area contributed by atoms with E-state index in [1.54, 1.807) is 31.1 Å². The highest BCUT2D eigenvalue weighted by atomic mass is 35.5. The van der Waals surface area contributed by atoms with Gasteiger partial charge in [-0.15, -0.1) is 12.4 Å². The van der Waals surface area contributed by atoms with Crippen LogP contribution in [0.15, 0.2) is 24.3 Å². The summed E-state index contributed by atoms with van der Waals surface area (Å²) in [6.45, 7) is 0. The zero-order chi connectivity index (χ0) is 18.8. The van der Waals surface area contributed by atoms with Crippen LogP contribution in [0.5, 0.6) is 0 Å². The molecule has 6 nitrogen and oxygen atoms in total. The molecule has 3 rings (SSSR count). The largest absolute Gasteiger partial charge is 0.351 e. The molecule has 2 amide bonds. The molecule has 2 aromatic rings. The Hall–Kier alpha value is -1.76. The molecule has 27 heavy (non-hydrogen) atoms. The Morgan fingerprint density at radius 2 is 2.04 bits per heavy atom. The van der Waals surface area contributed by atoms with Gasteiger partial charge in [0.25, 0.3) is 5.91 Å². The number of H-pyrrole nitrogens is 1. The van der Waals surface area contributed by atoms with Crippen LogP contribution < -0.4 is 11.1 Å². The number of nitrogens with two attached hydrogens (primary N) is 1. The van der Waals surface area contributed by atoms with Gasteiger partial charge in [0.1, 0.15) is 5.69 Å². The highest BCUT2D eigenvalue weighted by Gasteiger charge is 2.30. The molecule has 1 heterocycles. The van der Waals surface area contributed by atoms with E-state index in [0.29, 0.717) is 17.1 Å². The zero-order valence-electron chi connectivity index (χ0n) is 15.5. The quantitative estimate of drug-likeness (QED) is 0.720. The first-order valence-corrected chi connectivity index (χ1v) is 9.26. The lowest BCUT2D eigenvalue weighted by Gasteiger charge is -2.34. The highest BCUT2D eigenvalue weighted by molar-refractivity contribution is 6.31. The number of nitrogens with zero attached hydrogens (tertiary/aromatic N) is 1. The molecular weight excluding hydrogens is 387 g/mol. The van der Waals surface area contributed by atoms with Crippen molar-refractivity contribution in [2.24, 2.45) is 11.7 Å². The first kappa shape index (κ1) is 21.5. The van der Waals surface area contributed by atoms with Gasteiger partial charge in [-0.3, -0.25) is 9.59 Å². The minimum absolute atomic E-state index is 0. The number of fused-ring (bicyclic) bond motifs is 1. The second-order valence-electron chi connectivity index (χ2n) is 7.33. The molecule has 1 aromatic heterocycles. The number of benzene rings is 1. The fourth-order valence-electron chi connectivity index (χ4n) is 3.56. The van der Waals surface area contributed by atoms with Gasteiger partial charge in [-0.2, -0.15) is 0 Å². The van der Waals surface area contributed by atoms with E-state index >= 15 is 0 Å². The molecule has 1 fully saturated rings. The molecular formula is C19H26Cl2N4O2. The molecule has 1 unspecified atom stereocenters. The summed E-state index contributed by atoms with van der Waals surface area (Å²) in [5.74, 6) is 0.241. The van der Waals surface area contributed by atoms with Crippen molar-refractivity contribution in [2.45, 2.75) is 37.8 Å². The first-order valence-electron chi connectivity index (χ1n) is 8.88. The van der Waals surface area contributed by atoms with E-state index < -0.39 is 0 Å². The van der Waals surface area contributed by atoms with Crippen molar-refractivity contribution in [1.29, 1.82) is 0 Å². The third-order valence-corrected chi connectivity index (χ3v) is 5.35. The van der Waals surface area contributed by atoms with Gasteiger partial charge in [-0.25, -0.2) is 0 Å². The van der Waals surface area contributed by atoms with E-state index in [0.717, 1.165) is 30.2 Å². The summed E-state index contributed by atoms with van der Waals surface area (Å²) in [5.41, 5.74) is 7.64. The number of nitrogens with one attached hydrogen (secondary N) is 2. The number of hydrogen-bond acceptors (Lipinski definition) is 3. The smallest absolute Gasteiger partial charge is 0.268 e. The van der Waals surface area contributed by atoms with Gasteiger partial charge in [0.15, 0.2) is 0 Å². The fourth-order valence-corrected chi connectivity index (χ4v) is 3.74. The molecule has 1 aromatic carbocycles. The lowest BCUT2D eigenvalue weighted by Crippen LogP contribution is -2.51. The summed E-state index contributed by atoms with van der Waals surface area (Å²) in [6.07, 6.45) is 2.93. The van der Waals surface area contributed by atoms with Crippen LogP contribution in [0.25, 0.3) is 10.9 Å². The van der Waals surface area contributed by atoms with Crippen molar-refractivity contribution in [1.82, 2.24) is 15.2 Å². The van der Waals surface area contributed by atoms with Gasteiger partial charge in [-0.1, -0.05) is 11.6 Å². The minimum Gasteiger partial charge on any atom is -0.351 e. The van der Waals surface area contributed by atoms with Crippen molar-refractivity contribution in [3.63, 3.8) is 0 Å². The van der Waals surface area contributed by atoms with Crippen molar-refractivity contribution in [3.8, 4) is 0 Å². The van der Waals surface area contributed by atoms with Crippen LogP contribution in [0.1, 0.15) is 36.2 Å². The summed E-state index contributed by atoms with van der Waals surface area (Å²) >= 11 is 5.99. The monoisotopic (exact) mass is 412 g/mol. The maximum atomic E-state index is 12.6. The zero-order valence-corrected chi connectivity index (χ0v) is 17.1. The van der Waals surface area contributed by atoms with Crippen molar-refractivity contribution < 1.29 is 9.59 Å². The van der Waals surface area contributed by atoms with E-state index in [1.165, 1.54) is 0 Å². The second kappa shape index (κ2) is 8.95. The molecule has 1 aliphatic rings. The van der Waals surface area contributed by atoms with Gasteiger partial charge in [0, 0.05) is 48.5 Å². The lowest BCUT2D eigenvalue weighted by molar-refractivity contribution is -0.130. The topological polar surface area (TPSA) is 91.2 Å². The number of carbonyl (C=O) groups excluding carboxylic acids is 2. The van der Waals surface area contributed by atoms with Crippen LogP contribution in [0.2, 0.25) is 5.02 Å². The van der Waals surface area contributed by atoms with E-state index in [4.69, 9.17) is 17.3 Å². The van der Waals surface area contributed by atoms with Crippen LogP contribution in [0.3, 0.4) is 0 Å². The van der Waals surface area contributed by atoms with E-state index in [2.05, 4.69) is 10.3 Å². The average Bonchev–Trinajstić information content (AvgIpc) is 3.00. The van der Waals surface area contributed by atoms with Crippen LogP contribution in [-0.2, 0) is 4.79 Å². The first-order chi connectivity index (χ1) is 12.3. The van der Waals surface area contributed by atoms with Crippen molar-refractivity contribution >= 4 is 46.7 Å². The minimum atomic E-state index is -0.166. The third kappa shape index (κ3) is 5.15. The number of amides is 2.